The van der Waals surface area contributed by atoms with Gasteiger partial charge < -0.3 is 5.32 Å². The first-order valence-electron chi connectivity index (χ1n) is 6.84. The number of aromatic nitrogens is 3. The third kappa shape index (κ3) is 4.54. The minimum atomic E-state index is 0.651. The molecule has 0 bridgehead atoms. The average Bonchev–Trinajstić information content (AvgIpc) is 2.88. The van der Waals surface area contributed by atoms with Gasteiger partial charge in [-0.2, -0.15) is 4.37 Å². The molecule has 0 atom stereocenters. The Balaban J connectivity index is 2.03. The number of pyridine rings is 1. The molecule has 2 heterocycles. The summed E-state index contributed by atoms with van der Waals surface area (Å²) in [7, 11) is 0. The van der Waals surface area contributed by atoms with Gasteiger partial charge in [-0.3, -0.25) is 0 Å². The highest BCUT2D eigenvalue weighted by atomic mass is 32.2. The first-order valence-corrected chi connectivity index (χ1v) is 8.43. The fraction of sp³-hybridized carbons (Fsp3) is 0.500. The highest BCUT2D eigenvalue weighted by molar-refractivity contribution is 8.00. The Kier molecular flexibility index (Phi) is 5.94. The molecule has 2 rings (SSSR count). The van der Waals surface area contributed by atoms with Gasteiger partial charge in [-0.05, 0) is 47.4 Å². The Morgan fingerprint density at radius 2 is 2.25 bits per heavy atom. The summed E-state index contributed by atoms with van der Waals surface area (Å²) >= 11 is 3.05. The summed E-state index contributed by atoms with van der Waals surface area (Å²) in [5.41, 5.74) is 1.21. The lowest BCUT2D eigenvalue weighted by Crippen LogP contribution is -2.19. The first-order chi connectivity index (χ1) is 9.69. The maximum atomic E-state index is 4.48. The van der Waals surface area contributed by atoms with Crippen LogP contribution < -0.4 is 5.32 Å². The zero-order valence-electron chi connectivity index (χ0n) is 12.1. The van der Waals surface area contributed by atoms with Crippen molar-refractivity contribution in [1.29, 1.82) is 0 Å². The van der Waals surface area contributed by atoms with Gasteiger partial charge in [0.15, 0.2) is 4.34 Å². The van der Waals surface area contributed by atoms with Crippen LogP contribution in [0.3, 0.4) is 0 Å². The second-order valence-corrected chi connectivity index (χ2v) is 6.91. The number of hydrogen-bond acceptors (Lipinski definition) is 6. The highest BCUT2D eigenvalue weighted by Crippen LogP contribution is 2.29. The minimum absolute atomic E-state index is 0.651. The third-order valence-corrected chi connectivity index (χ3v) is 4.52. The molecular formula is C14H20N4S2. The van der Waals surface area contributed by atoms with Crippen molar-refractivity contribution in [3.05, 3.63) is 29.7 Å². The van der Waals surface area contributed by atoms with Gasteiger partial charge in [0.1, 0.15) is 10.9 Å². The maximum Gasteiger partial charge on any atom is 0.176 e. The molecule has 0 radical (unpaired) electrons. The van der Waals surface area contributed by atoms with Crippen molar-refractivity contribution in [3.63, 3.8) is 0 Å². The zero-order valence-corrected chi connectivity index (χ0v) is 13.7. The van der Waals surface area contributed by atoms with Crippen molar-refractivity contribution in [2.24, 2.45) is 5.92 Å². The Morgan fingerprint density at radius 3 is 2.95 bits per heavy atom. The maximum absolute atomic E-state index is 4.48. The van der Waals surface area contributed by atoms with Gasteiger partial charge in [0.2, 0.25) is 0 Å². The van der Waals surface area contributed by atoms with E-state index in [1.807, 2.05) is 12.3 Å². The molecule has 0 aliphatic carbocycles. The van der Waals surface area contributed by atoms with Gasteiger partial charge in [0, 0.05) is 19.2 Å². The second kappa shape index (κ2) is 7.71. The monoisotopic (exact) mass is 308 g/mol. The molecule has 2 aromatic heterocycles. The molecule has 0 fully saturated rings. The molecule has 4 nitrogen and oxygen atoms in total. The van der Waals surface area contributed by atoms with E-state index in [4.69, 9.17) is 0 Å². The van der Waals surface area contributed by atoms with Gasteiger partial charge in [0.25, 0.3) is 0 Å². The largest absolute Gasteiger partial charge is 0.312 e. The number of rotatable bonds is 7. The van der Waals surface area contributed by atoms with Gasteiger partial charge in [-0.1, -0.05) is 26.8 Å². The molecule has 0 saturated heterocycles. The molecule has 108 valence electrons. The number of nitrogens with one attached hydrogen (secondary N) is 1. The Morgan fingerprint density at radius 1 is 1.40 bits per heavy atom. The van der Waals surface area contributed by atoms with E-state index in [0.717, 1.165) is 34.7 Å². The molecule has 0 unspecified atom stereocenters. The zero-order chi connectivity index (χ0) is 14.4. The molecule has 0 saturated carbocycles. The van der Waals surface area contributed by atoms with Crippen LogP contribution in [0.5, 0.6) is 0 Å². The van der Waals surface area contributed by atoms with Crippen molar-refractivity contribution in [2.45, 2.75) is 43.1 Å². The van der Waals surface area contributed by atoms with Crippen LogP contribution in [0.1, 0.15) is 32.2 Å². The molecule has 0 aliphatic heterocycles. The fourth-order valence-corrected chi connectivity index (χ4v) is 3.35. The van der Waals surface area contributed by atoms with Crippen LogP contribution in [0.2, 0.25) is 0 Å². The molecular weight excluding hydrogens is 288 g/mol. The molecule has 0 amide bonds. The molecule has 2 aromatic rings. The van der Waals surface area contributed by atoms with E-state index in [0.29, 0.717) is 5.92 Å². The molecule has 1 N–H and O–H groups in total. The van der Waals surface area contributed by atoms with Crippen LogP contribution in [-0.4, -0.2) is 20.9 Å². The predicted octanol–water partition coefficient (Wildman–Crippen LogP) is 3.39. The number of aryl methyl sites for hydroxylation is 1. The minimum Gasteiger partial charge on any atom is -0.312 e. The van der Waals surface area contributed by atoms with Gasteiger partial charge in [0.05, 0.1) is 0 Å². The fourth-order valence-electron chi connectivity index (χ4n) is 1.65. The second-order valence-electron chi connectivity index (χ2n) is 4.92. The summed E-state index contributed by atoms with van der Waals surface area (Å²) in [5.74, 6) is 1.56. The van der Waals surface area contributed by atoms with Crippen molar-refractivity contribution >= 4 is 23.3 Å². The summed E-state index contributed by atoms with van der Waals surface area (Å²) < 4.78 is 5.28. The van der Waals surface area contributed by atoms with Crippen LogP contribution >= 0.6 is 23.3 Å². The van der Waals surface area contributed by atoms with E-state index in [-0.39, 0.29) is 0 Å². The van der Waals surface area contributed by atoms with Crippen LogP contribution in [-0.2, 0) is 13.0 Å². The van der Waals surface area contributed by atoms with Crippen LogP contribution in [0, 0.1) is 5.92 Å². The average molecular weight is 308 g/mol. The smallest absolute Gasteiger partial charge is 0.176 e. The van der Waals surface area contributed by atoms with Crippen molar-refractivity contribution in [1.82, 2.24) is 19.7 Å². The van der Waals surface area contributed by atoms with Crippen molar-refractivity contribution in [3.8, 4) is 0 Å². The number of hydrogen-bond donors (Lipinski definition) is 1. The predicted molar refractivity (Wildman–Crippen MR) is 84.2 cm³/mol. The topological polar surface area (TPSA) is 50.7 Å². The van der Waals surface area contributed by atoms with Gasteiger partial charge in [-0.25, -0.2) is 9.97 Å². The molecule has 0 spiro atoms. The quantitative estimate of drug-likeness (QED) is 0.849. The van der Waals surface area contributed by atoms with Gasteiger partial charge >= 0.3 is 0 Å². The van der Waals surface area contributed by atoms with Crippen LogP contribution in [0.4, 0.5) is 0 Å². The van der Waals surface area contributed by atoms with Crippen molar-refractivity contribution < 1.29 is 0 Å². The van der Waals surface area contributed by atoms with E-state index in [1.165, 1.54) is 17.1 Å². The Hall–Kier alpha value is -0.980. The Bertz CT molecular complexity index is 539. The molecule has 0 aromatic carbocycles. The van der Waals surface area contributed by atoms with E-state index < -0.39 is 0 Å². The highest BCUT2D eigenvalue weighted by Gasteiger charge is 2.09. The molecule has 6 heteroatoms. The molecule has 20 heavy (non-hydrogen) atoms. The number of nitrogens with zero attached hydrogens (tertiary/aromatic N) is 3. The summed E-state index contributed by atoms with van der Waals surface area (Å²) in [6.45, 7) is 8.34. The lowest BCUT2D eigenvalue weighted by atomic mass is 10.2. The van der Waals surface area contributed by atoms with Crippen LogP contribution in [0.15, 0.2) is 27.7 Å². The lowest BCUT2D eigenvalue weighted by Gasteiger charge is -2.09. The summed E-state index contributed by atoms with van der Waals surface area (Å²) in [6, 6.07) is 4.10. The molecule has 0 aliphatic rings. The SMILES string of the molecule is CCc1nsc(Sc2ncccc2CNCC(C)C)n1. The van der Waals surface area contributed by atoms with Gasteiger partial charge in [-0.15, -0.1) is 0 Å². The summed E-state index contributed by atoms with van der Waals surface area (Å²) in [6.07, 6.45) is 2.71. The lowest BCUT2D eigenvalue weighted by molar-refractivity contribution is 0.549. The van der Waals surface area contributed by atoms with E-state index >= 15 is 0 Å². The van der Waals surface area contributed by atoms with E-state index in [9.17, 15) is 0 Å². The first kappa shape index (κ1) is 15.4. The van der Waals surface area contributed by atoms with Crippen LogP contribution in [0.25, 0.3) is 0 Å². The van der Waals surface area contributed by atoms with E-state index in [1.54, 1.807) is 11.8 Å². The Labute approximate surface area is 128 Å². The van der Waals surface area contributed by atoms with E-state index in [2.05, 4.69) is 46.5 Å². The standard InChI is InChI=1S/C14H20N4S2/c1-4-12-17-14(20-18-12)19-13-11(6-5-7-16-13)9-15-8-10(2)3/h5-7,10,15H,4,8-9H2,1-3H3. The van der Waals surface area contributed by atoms with Crippen molar-refractivity contribution in [2.75, 3.05) is 6.54 Å². The third-order valence-electron chi connectivity index (χ3n) is 2.67. The summed E-state index contributed by atoms with van der Waals surface area (Å²) in [5, 5.41) is 4.47. The summed E-state index contributed by atoms with van der Waals surface area (Å²) in [4.78, 5) is 8.95. The normalized spacial score (nSPS) is 11.2.